The van der Waals surface area contributed by atoms with Gasteiger partial charge >= 0.3 is 0 Å². The van der Waals surface area contributed by atoms with E-state index >= 15 is 0 Å². The van der Waals surface area contributed by atoms with Gasteiger partial charge < -0.3 is 0 Å². The Kier molecular flexibility index (Phi) is 4.28. The van der Waals surface area contributed by atoms with E-state index in [4.69, 9.17) is 0 Å². The Labute approximate surface area is 101 Å². The minimum absolute atomic E-state index is 0. The fourth-order valence-corrected chi connectivity index (χ4v) is 1.47. The second kappa shape index (κ2) is 5.26. The molecule has 0 radical (unpaired) electrons. The van der Waals surface area contributed by atoms with Crippen molar-refractivity contribution in [1.29, 1.82) is 0 Å². The van der Waals surface area contributed by atoms with Gasteiger partial charge in [0.15, 0.2) is 0 Å². The number of hydrogen-bond donors (Lipinski definition) is 0. The standard InChI is InChI=1S/C9H8BrN3.BrH/c10-5-8-2-1-3-9(4-8)13-7-11-6-12-13;/h1-4,6-7H,5H2;1H. The molecule has 0 amide bonds. The highest BCUT2D eigenvalue weighted by Crippen LogP contribution is 2.11. The Morgan fingerprint density at radius 3 is 2.86 bits per heavy atom. The zero-order valence-electron chi connectivity index (χ0n) is 7.30. The van der Waals surface area contributed by atoms with Crippen LogP contribution in [0.5, 0.6) is 0 Å². The molecule has 0 atom stereocenters. The molecule has 14 heavy (non-hydrogen) atoms. The number of rotatable bonds is 2. The SMILES string of the molecule is Br.BrCc1cccc(-n2cncn2)c1. The molecule has 5 heteroatoms. The van der Waals surface area contributed by atoms with Crippen LogP contribution in [0.15, 0.2) is 36.9 Å². The van der Waals surface area contributed by atoms with E-state index in [2.05, 4.69) is 38.1 Å². The van der Waals surface area contributed by atoms with Crippen LogP contribution < -0.4 is 0 Å². The third-order valence-corrected chi connectivity index (χ3v) is 2.40. The van der Waals surface area contributed by atoms with Gasteiger partial charge in [-0.25, -0.2) is 9.67 Å². The van der Waals surface area contributed by atoms with Gasteiger partial charge in [-0.2, -0.15) is 5.10 Å². The van der Waals surface area contributed by atoms with Crippen LogP contribution >= 0.6 is 32.9 Å². The highest BCUT2D eigenvalue weighted by molar-refractivity contribution is 9.08. The van der Waals surface area contributed by atoms with E-state index in [9.17, 15) is 0 Å². The zero-order valence-corrected chi connectivity index (χ0v) is 10.6. The number of alkyl halides is 1. The van der Waals surface area contributed by atoms with E-state index in [-0.39, 0.29) is 17.0 Å². The minimum atomic E-state index is 0. The van der Waals surface area contributed by atoms with Gasteiger partial charge in [-0.05, 0) is 17.7 Å². The lowest BCUT2D eigenvalue weighted by atomic mass is 10.2. The highest BCUT2D eigenvalue weighted by Gasteiger charge is 1.96. The molecule has 1 heterocycles. The summed E-state index contributed by atoms with van der Waals surface area (Å²) >= 11 is 3.41. The first kappa shape index (κ1) is 11.4. The van der Waals surface area contributed by atoms with Crippen LogP contribution in [0.1, 0.15) is 5.56 Å². The molecule has 0 spiro atoms. The average molecular weight is 319 g/mol. The van der Waals surface area contributed by atoms with Crippen LogP contribution in [-0.4, -0.2) is 14.8 Å². The van der Waals surface area contributed by atoms with Crippen LogP contribution in [0.2, 0.25) is 0 Å². The van der Waals surface area contributed by atoms with E-state index in [1.807, 2.05) is 12.1 Å². The summed E-state index contributed by atoms with van der Waals surface area (Å²) in [5.74, 6) is 0. The maximum absolute atomic E-state index is 4.05. The first-order valence-corrected chi connectivity index (χ1v) is 5.02. The summed E-state index contributed by atoms with van der Waals surface area (Å²) in [5.41, 5.74) is 2.27. The molecule has 0 saturated carbocycles. The van der Waals surface area contributed by atoms with Crippen molar-refractivity contribution in [3.05, 3.63) is 42.5 Å². The van der Waals surface area contributed by atoms with Gasteiger partial charge in [-0.15, -0.1) is 17.0 Å². The van der Waals surface area contributed by atoms with Crippen LogP contribution in [0, 0.1) is 0 Å². The molecular formula is C9H9Br2N3. The van der Waals surface area contributed by atoms with Crippen LogP contribution in [0.4, 0.5) is 0 Å². The number of hydrogen-bond acceptors (Lipinski definition) is 2. The summed E-state index contributed by atoms with van der Waals surface area (Å²) in [4.78, 5) is 3.89. The van der Waals surface area contributed by atoms with Crippen molar-refractivity contribution in [3.8, 4) is 5.69 Å². The van der Waals surface area contributed by atoms with Gasteiger partial charge in [-0.3, -0.25) is 0 Å². The Morgan fingerprint density at radius 2 is 2.21 bits per heavy atom. The summed E-state index contributed by atoms with van der Waals surface area (Å²) in [7, 11) is 0. The molecule has 2 rings (SSSR count). The van der Waals surface area contributed by atoms with E-state index in [1.54, 1.807) is 11.0 Å². The Hall–Kier alpha value is -0.680. The molecule has 0 aliphatic carbocycles. The van der Waals surface area contributed by atoms with Crippen molar-refractivity contribution in [1.82, 2.24) is 14.8 Å². The number of nitrogens with zero attached hydrogens (tertiary/aromatic N) is 3. The molecule has 74 valence electrons. The van der Waals surface area contributed by atoms with E-state index in [1.165, 1.54) is 11.9 Å². The summed E-state index contributed by atoms with van der Waals surface area (Å²) in [5, 5.41) is 4.91. The van der Waals surface area contributed by atoms with Gasteiger partial charge in [0.25, 0.3) is 0 Å². The molecule has 0 saturated heterocycles. The van der Waals surface area contributed by atoms with Crippen molar-refractivity contribution >= 4 is 32.9 Å². The molecule has 1 aromatic heterocycles. The summed E-state index contributed by atoms with van der Waals surface area (Å²) in [6.07, 6.45) is 3.22. The lowest BCUT2D eigenvalue weighted by Crippen LogP contribution is -1.94. The third-order valence-electron chi connectivity index (χ3n) is 1.75. The largest absolute Gasteiger partial charge is 0.223 e. The van der Waals surface area contributed by atoms with Gasteiger partial charge in [0.1, 0.15) is 12.7 Å². The summed E-state index contributed by atoms with van der Waals surface area (Å²) < 4.78 is 1.74. The Balaban J connectivity index is 0.000000980. The molecule has 3 nitrogen and oxygen atoms in total. The molecule has 1 aromatic carbocycles. The predicted molar refractivity (Wildman–Crippen MR) is 64.3 cm³/mol. The van der Waals surface area contributed by atoms with Crippen molar-refractivity contribution in [3.63, 3.8) is 0 Å². The molecule has 0 N–H and O–H groups in total. The predicted octanol–water partition coefficient (Wildman–Crippen LogP) is 2.74. The van der Waals surface area contributed by atoms with Gasteiger partial charge in [0.05, 0.1) is 5.69 Å². The number of aromatic nitrogens is 3. The lowest BCUT2D eigenvalue weighted by Gasteiger charge is -2.01. The van der Waals surface area contributed by atoms with Crippen molar-refractivity contribution in [2.24, 2.45) is 0 Å². The maximum atomic E-state index is 4.05. The van der Waals surface area contributed by atoms with Crippen molar-refractivity contribution < 1.29 is 0 Å². The topological polar surface area (TPSA) is 30.7 Å². The summed E-state index contributed by atoms with van der Waals surface area (Å²) in [6, 6.07) is 8.15. The first-order chi connectivity index (χ1) is 6.40. The number of halogens is 2. The Bertz CT molecular complexity index is 387. The normalized spacial score (nSPS) is 9.50. The second-order valence-corrected chi connectivity index (χ2v) is 3.20. The van der Waals surface area contributed by atoms with Crippen molar-refractivity contribution in [2.45, 2.75) is 5.33 Å². The van der Waals surface area contributed by atoms with Gasteiger partial charge in [-0.1, -0.05) is 28.1 Å². The first-order valence-electron chi connectivity index (χ1n) is 3.90. The number of benzene rings is 1. The lowest BCUT2D eigenvalue weighted by molar-refractivity contribution is 0.877. The summed E-state index contributed by atoms with van der Waals surface area (Å²) in [6.45, 7) is 0. The average Bonchev–Trinajstić information content (AvgIpc) is 2.71. The van der Waals surface area contributed by atoms with E-state index < -0.39 is 0 Å². The Morgan fingerprint density at radius 1 is 1.36 bits per heavy atom. The smallest absolute Gasteiger partial charge is 0.138 e. The zero-order chi connectivity index (χ0) is 9.10. The fraction of sp³-hybridized carbons (Fsp3) is 0.111. The van der Waals surface area contributed by atoms with E-state index in [0.29, 0.717) is 0 Å². The second-order valence-electron chi connectivity index (χ2n) is 2.64. The van der Waals surface area contributed by atoms with Crippen molar-refractivity contribution in [2.75, 3.05) is 0 Å². The minimum Gasteiger partial charge on any atom is -0.223 e. The molecule has 0 bridgehead atoms. The monoisotopic (exact) mass is 317 g/mol. The molecular weight excluding hydrogens is 310 g/mol. The molecule has 0 aliphatic heterocycles. The molecule has 2 aromatic rings. The van der Waals surface area contributed by atoms with E-state index in [0.717, 1.165) is 11.0 Å². The van der Waals surface area contributed by atoms with Crippen LogP contribution in [-0.2, 0) is 5.33 Å². The van der Waals surface area contributed by atoms with Gasteiger partial charge in [0.2, 0.25) is 0 Å². The maximum Gasteiger partial charge on any atom is 0.138 e. The highest BCUT2D eigenvalue weighted by atomic mass is 79.9. The van der Waals surface area contributed by atoms with Gasteiger partial charge in [0, 0.05) is 5.33 Å². The van der Waals surface area contributed by atoms with Crippen LogP contribution in [0.3, 0.4) is 0 Å². The molecule has 0 unspecified atom stereocenters. The van der Waals surface area contributed by atoms with Crippen LogP contribution in [0.25, 0.3) is 5.69 Å². The fourth-order valence-electron chi connectivity index (χ4n) is 1.12. The third kappa shape index (κ3) is 2.42. The molecule has 0 fully saturated rings. The molecule has 0 aliphatic rings. The quantitative estimate of drug-likeness (QED) is 0.797.